The van der Waals surface area contributed by atoms with Crippen LogP contribution in [0.4, 0.5) is 0 Å². The second-order valence-corrected chi connectivity index (χ2v) is 7.33. The molecule has 1 saturated heterocycles. The lowest BCUT2D eigenvalue weighted by Crippen LogP contribution is -2.29. The molecule has 8 nitrogen and oxygen atoms in total. The molecule has 28 heavy (non-hydrogen) atoms. The maximum atomic E-state index is 12.5. The van der Waals surface area contributed by atoms with Crippen LogP contribution in [0, 0.1) is 0 Å². The third-order valence-corrected chi connectivity index (χ3v) is 4.94. The fraction of sp³-hybridized carbons (Fsp3) is 0.333. The number of rotatable bonds is 10. The van der Waals surface area contributed by atoms with Crippen molar-refractivity contribution in [2.45, 2.75) is 19.8 Å². The van der Waals surface area contributed by atoms with Crippen molar-refractivity contribution in [1.29, 1.82) is 0 Å². The summed E-state index contributed by atoms with van der Waals surface area (Å²) in [4.78, 5) is 35.7. The number of carboxylic acid groups (broad SMARTS) is 2. The molecule has 1 fully saturated rings. The first-order chi connectivity index (χ1) is 13.3. The molecule has 2 N–H and O–H groups in total. The molecule has 10 heteroatoms. The third kappa shape index (κ3) is 5.96. The highest BCUT2D eigenvalue weighted by molar-refractivity contribution is 8.26. The molecular weight excluding hydrogens is 406 g/mol. The van der Waals surface area contributed by atoms with Crippen LogP contribution in [0.25, 0.3) is 6.08 Å². The predicted molar refractivity (Wildman–Crippen MR) is 107 cm³/mol. The molecule has 0 aliphatic carbocycles. The molecule has 0 spiro atoms. The van der Waals surface area contributed by atoms with Crippen LogP contribution in [0.5, 0.6) is 11.5 Å². The Hall–Kier alpha value is -2.59. The highest BCUT2D eigenvalue weighted by Crippen LogP contribution is 2.35. The second kappa shape index (κ2) is 10.1. The van der Waals surface area contributed by atoms with Crippen molar-refractivity contribution in [3.63, 3.8) is 0 Å². The van der Waals surface area contributed by atoms with Gasteiger partial charge in [-0.05, 0) is 37.1 Å². The van der Waals surface area contributed by atoms with Crippen LogP contribution in [0.15, 0.2) is 23.1 Å². The molecule has 0 unspecified atom stereocenters. The van der Waals surface area contributed by atoms with Gasteiger partial charge in [-0.15, -0.1) is 0 Å². The van der Waals surface area contributed by atoms with Crippen LogP contribution in [0.1, 0.15) is 25.3 Å². The smallest absolute Gasteiger partial charge is 0.341 e. The minimum Gasteiger partial charge on any atom is -0.490 e. The van der Waals surface area contributed by atoms with E-state index in [1.54, 1.807) is 31.2 Å². The summed E-state index contributed by atoms with van der Waals surface area (Å²) in [5, 5.41) is 17.5. The molecule has 0 saturated carbocycles. The summed E-state index contributed by atoms with van der Waals surface area (Å²) in [6.45, 7) is 1.91. The van der Waals surface area contributed by atoms with Gasteiger partial charge in [-0.25, -0.2) is 4.79 Å². The lowest BCUT2D eigenvalue weighted by molar-refractivity contribution is -0.139. The molecule has 0 aromatic heterocycles. The number of carbonyl (C=O) groups excluding carboxylic acids is 1. The lowest BCUT2D eigenvalue weighted by Gasteiger charge is -2.13. The molecule has 1 aliphatic heterocycles. The van der Waals surface area contributed by atoms with Crippen molar-refractivity contribution < 1.29 is 34.1 Å². The SMILES string of the molecule is CCOc1cc(C=C2SC(=S)N(CCCC(=O)O)C2=O)ccc1OCC(=O)O. The number of hydrogen-bond acceptors (Lipinski definition) is 7. The Bertz CT molecular complexity index is 822. The monoisotopic (exact) mass is 425 g/mol. The Morgan fingerprint density at radius 3 is 2.61 bits per heavy atom. The summed E-state index contributed by atoms with van der Waals surface area (Å²) in [5.74, 6) is -1.63. The fourth-order valence-corrected chi connectivity index (χ4v) is 3.68. The molecule has 1 heterocycles. The summed E-state index contributed by atoms with van der Waals surface area (Å²) >= 11 is 6.36. The number of ether oxygens (including phenoxy) is 2. The maximum absolute atomic E-state index is 12.5. The Morgan fingerprint density at radius 1 is 1.21 bits per heavy atom. The Balaban J connectivity index is 2.16. The fourth-order valence-electron chi connectivity index (χ4n) is 2.37. The molecular formula is C18H19NO7S2. The minimum atomic E-state index is -1.10. The van der Waals surface area contributed by atoms with Crippen molar-refractivity contribution in [2.24, 2.45) is 0 Å². The van der Waals surface area contributed by atoms with Gasteiger partial charge in [0.05, 0.1) is 11.5 Å². The number of amides is 1. The van der Waals surface area contributed by atoms with Gasteiger partial charge in [0, 0.05) is 13.0 Å². The van der Waals surface area contributed by atoms with Gasteiger partial charge >= 0.3 is 11.9 Å². The molecule has 1 amide bonds. The van der Waals surface area contributed by atoms with Crippen LogP contribution in [0.3, 0.4) is 0 Å². The van der Waals surface area contributed by atoms with E-state index < -0.39 is 18.5 Å². The topological polar surface area (TPSA) is 113 Å². The van der Waals surface area contributed by atoms with Crippen molar-refractivity contribution >= 4 is 52.2 Å². The van der Waals surface area contributed by atoms with Gasteiger partial charge in [0.1, 0.15) is 4.32 Å². The van der Waals surface area contributed by atoms with Gasteiger partial charge in [-0.2, -0.15) is 0 Å². The Labute approximate surface area is 171 Å². The minimum absolute atomic E-state index is 0.0361. The molecule has 0 atom stereocenters. The zero-order chi connectivity index (χ0) is 20.7. The first-order valence-electron chi connectivity index (χ1n) is 8.40. The standard InChI is InChI=1S/C18H19NO7S2/c1-2-25-13-8-11(5-6-12(13)26-10-16(22)23)9-14-17(24)19(18(27)28-14)7-3-4-15(20)21/h5-6,8-9H,2-4,7,10H2,1H3,(H,20,21)(H,22,23). The van der Waals surface area contributed by atoms with Crippen molar-refractivity contribution in [3.05, 3.63) is 28.7 Å². The number of thiocarbonyl (C=S) groups is 1. The highest BCUT2D eigenvalue weighted by Gasteiger charge is 2.31. The zero-order valence-electron chi connectivity index (χ0n) is 15.0. The Morgan fingerprint density at radius 2 is 1.96 bits per heavy atom. The van der Waals surface area contributed by atoms with Gasteiger partial charge in [-0.3, -0.25) is 14.5 Å². The van der Waals surface area contributed by atoms with E-state index in [9.17, 15) is 14.4 Å². The maximum Gasteiger partial charge on any atom is 0.341 e. The summed E-state index contributed by atoms with van der Waals surface area (Å²) in [7, 11) is 0. The van der Waals surface area contributed by atoms with E-state index in [-0.39, 0.29) is 18.9 Å². The predicted octanol–water partition coefficient (Wildman–Crippen LogP) is 2.61. The van der Waals surface area contributed by atoms with Gasteiger partial charge < -0.3 is 19.7 Å². The summed E-state index contributed by atoms with van der Waals surface area (Å²) in [6.07, 6.45) is 1.94. The van der Waals surface area contributed by atoms with Crippen molar-refractivity contribution in [3.8, 4) is 11.5 Å². The van der Waals surface area contributed by atoms with E-state index in [0.29, 0.717) is 39.3 Å². The molecule has 0 radical (unpaired) electrons. The van der Waals surface area contributed by atoms with Crippen LogP contribution in [-0.4, -0.2) is 57.0 Å². The number of benzene rings is 1. The molecule has 0 bridgehead atoms. The average Bonchev–Trinajstić information content (AvgIpc) is 2.88. The summed E-state index contributed by atoms with van der Waals surface area (Å²) in [6, 6.07) is 4.90. The van der Waals surface area contributed by atoms with Crippen molar-refractivity contribution in [1.82, 2.24) is 4.90 Å². The molecule has 1 aromatic rings. The van der Waals surface area contributed by atoms with Gasteiger partial charge in [0.25, 0.3) is 5.91 Å². The van der Waals surface area contributed by atoms with E-state index in [4.69, 9.17) is 31.9 Å². The van der Waals surface area contributed by atoms with E-state index in [1.807, 2.05) is 0 Å². The number of aliphatic carboxylic acids is 2. The van der Waals surface area contributed by atoms with E-state index in [0.717, 1.165) is 11.8 Å². The van der Waals surface area contributed by atoms with Crippen LogP contribution in [-0.2, 0) is 14.4 Å². The number of nitrogens with zero attached hydrogens (tertiary/aromatic N) is 1. The summed E-state index contributed by atoms with van der Waals surface area (Å²) < 4.78 is 11.1. The second-order valence-electron chi connectivity index (χ2n) is 5.65. The normalized spacial score (nSPS) is 15.2. The highest BCUT2D eigenvalue weighted by atomic mass is 32.2. The van der Waals surface area contributed by atoms with Crippen molar-refractivity contribution in [2.75, 3.05) is 19.8 Å². The molecule has 2 rings (SSSR count). The van der Waals surface area contributed by atoms with Crippen LogP contribution < -0.4 is 9.47 Å². The number of thioether (sulfide) groups is 1. The van der Waals surface area contributed by atoms with Gasteiger partial charge in [-0.1, -0.05) is 30.0 Å². The first-order valence-corrected chi connectivity index (χ1v) is 9.63. The lowest BCUT2D eigenvalue weighted by atomic mass is 10.2. The number of hydrogen-bond donors (Lipinski definition) is 2. The first kappa shape index (κ1) is 21.7. The van der Waals surface area contributed by atoms with Gasteiger partial charge in [0.2, 0.25) is 0 Å². The quantitative estimate of drug-likeness (QED) is 0.431. The third-order valence-electron chi connectivity index (χ3n) is 3.56. The van der Waals surface area contributed by atoms with E-state index >= 15 is 0 Å². The zero-order valence-corrected chi connectivity index (χ0v) is 16.7. The van der Waals surface area contributed by atoms with E-state index in [1.165, 1.54) is 4.90 Å². The molecule has 1 aliphatic rings. The largest absolute Gasteiger partial charge is 0.490 e. The van der Waals surface area contributed by atoms with Crippen LogP contribution >= 0.6 is 24.0 Å². The van der Waals surface area contributed by atoms with E-state index in [2.05, 4.69) is 0 Å². The molecule has 1 aromatic carbocycles. The van der Waals surface area contributed by atoms with Gasteiger partial charge in [0.15, 0.2) is 18.1 Å². The number of carbonyl (C=O) groups is 3. The molecule has 150 valence electrons. The summed E-state index contributed by atoms with van der Waals surface area (Å²) in [5.41, 5.74) is 0.664. The number of carboxylic acids is 2. The average molecular weight is 425 g/mol. The van der Waals surface area contributed by atoms with Crippen LogP contribution in [0.2, 0.25) is 0 Å². The Kier molecular flexibility index (Phi) is 7.82.